The van der Waals surface area contributed by atoms with Crippen LogP contribution in [0.15, 0.2) is 42.5 Å². The number of hydrogen-bond acceptors (Lipinski definition) is 1. The Morgan fingerprint density at radius 1 is 1.09 bits per heavy atom. The SMILES string of the molecule is CCc1ccccc1NC(=S)N(C)Cc1cccc(Cl)c1Cl. The number of halogens is 2. The first kappa shape index (κ1) is 17.1. The summed E-state index contributed by atoms with van der Waals surface area (Å²) in [4.78, 5) is 1.94. The van der Waals surface area contributed by atoms with Crippen molar-refractivity contribution in [2.75, 3.05) is 12.4 Å². The average Bonchev–Trinajstić information content (AvgIpc) is 2.52. The normalized spacial score (nSPS) is 10.4. The van der Waals surface area contributed by atoms with Crippen LogP contribution in [-0.4, -0.2) is 17.1 Å². The molecule has 0 aromatic heterocycles. The van der Waals surface area contributed by atoms with Crippen molar-refractivity contribution in [1.82, 2.24) is 4.90 Å². The summed E-state index contributed by atoms with van der Waals surface area (Å²) in [6, 6.07) is 13.8. The molecule has 2 aromatic rings. The number of benzene rings is 2. The van der Waals surface area contributed by atoms with Crippen molar-refractivity contribution < 1.29 is 0 Å². The third kappa shape index (κ3) is 4.13. The molecule has 0 atom stereocenters. The zero-order valence-corrected chi connectivity index (χ0v) is 14.9. The number of nitrogens with zero attached hydrogens (tertiary/aromatic N) is 1. The van der Waals surface area contributed by atoms with Gasteiger partial charge >= 0.3 is 0 Å². The van der Waals surface area contributed by atoms with Crippen molar-refractivity contribution in [3.63, 3.8) is 0 Å². The molecule has 0 aliphatic heterocycles. The van der Waals surface area contributed by atoms with E-state index in [-0.39, 0.29) is 0 Å². The largest absolute Gasteiger partial charge is 0.348 e. The molecular weight excluding hydrogens is 335 g/mol. The van der Waals surface area contributed by atoms with Crippen LogP contribution in [-0.2, 0) is 13.0 Å². The molecule has 2 aromatic carbocycles. The predicted octanol–water partition coefficient (Wildman–Crippen LogP) is 5.38. The van der Waals surface area contributed by atoms with Crippen molar-refractivity contribution in [2.24, 2.45) is 0 Å². The van der Waals surface area contributed by atoms with Crippen LogP contribution >= 0.6 is 35.4 Å². The zero-order valence-electron chi connectivity index (χ0n) is 12.6. The van der Waals surface area contributed by atoms with Gasteiger partial charge in [-0.3, -0.25) is 0 Å². The lowest BCUT2D eigenvalue weighted by Crippen LogP contribution is -2.31. The van der Waals surface area contributed by atoms with Gasteiger partial charge in [-0.2, -0.15) is 0 Å². The number of aryl methyl sites for hydroxylation is 1. The Kier molecular flexibility index (Phi) is 6.07. The van der Waals surface area contributed by atoms with Crippen LogP contribution in [0.3, 0.4) is 0 Å². The number of hydrogen-bond donors (Lipinski definition) is 1. The Balaban J connectivity index is 2.08. The van der Waals surface area contributed by atoms with E-state index in [2.05, 4.69) is 18.3 Å². The van der Waals surface area contributed by atoms with Crippen LogP contribution in [0.5, 0.6) is 0 Å². The minimum absolute atomic E-state index is 0.558. The van der Waals surface area contributed by atoms with Crippen LogP contribution in [0, 0.1) is 0 Å². The van der Waals surface area contributed by atoms with Gasteiger partial charge in [-0.05, 0) is 41.9 Å². The van der Waals surface area contributed by atoms with Gasteiger partial charge in [-0.25, -0.2) is 0 Å². The van der Waals surface area contributed by atoms with Gasteiger partial charge < -0.3 is 10.2 Å². The summed E-state index contributed by atoms with van der Waals surface area (Å²) < 4.78 is 0. The standard InChI is InChI=1S/C17H18Cl2N2S/c1-3-12-7-4-5-10-15(12)20-17(22)21(2)11-13-8-6-9-14(18)16(13)19/h4-10H,3,11H2,1-2H3,(H,20,22). The molecule has 116 valence electrons. The Morgan fingerprint density at radius 3 is 2.50 bits per heavy atom. The molecule has 0 spiro atoms. The number of thiocarbonyl (C=S) groups is 1. The van der Waals surface area contributed by atoms with Crippen LogP contribution in [0.25, 0.3) is 0 Å². The summed E-state index contributed by atoms with van der Waals surface area (Å²) >= 11 is 17.8. The summed E-state index contributed by atoms with van der Waals surface area (Å²) in [5, 5.41) is 5.08. The maximum atomic E-state index is 6.23. The third-order valence-electron chi connectivity index (χ3n) is 3.43. The van der Waals surface area contributed by atoms with Crippen LogP contribution in [0.4, 0.5) is 5.69 Å². The highest BCUT2D eigenvalue weighted by atomic mass is 35.5. The molecule has 0 saturated heterocycles. The van der Waals surface area contributed by atoms with E-state index in [1.165, 1.54) is 5.56 Å². The highest BCUT2D eigenvalue weighted by Gasteiger charge is 2.11. The van der Waals surface area contributed by atoms with Crippen molar-refractivity contribution >= 4 is 46.2 Å². The van der Waals surface area contributed by atoms with E-state index in [1.807, 2.05) is 42.3 Å². The average molecular weight is 353 g/mol. The van der Waals surface area contributed by atoms with Gasteiger partial charge in [-0.15, -0.1) is 0 Å². The van der Waals surface area contributed by atoms with Crippen molar-refractivity contribution in [3.8, 4) is 0 Å². The van der Waals surface area contributed by atoms with Crippen molar-refractivity contribution in [1.29, 1.82) is 0 Å². The van der Waals surface area contributed by atoms with Crippen LogP contribution in [0.1, 0.15) is 18.1 Å². The topological polar surface area (TPSA) is 15.3 Å². The molecule has 0 amide bonds. The molecule has 2 nitrogen and oxygen atoms in total. The maximum absolute atomic E-state index is 6.23. The van der Waals surface area contributed by atoms with E-state index in [4.69, 9.17) is 35.4 Å². The molecule has 0 bridgehead atoms. The summed E-state index contributed by atoms with van der Waals surface area (Å²) in [5.41, 5.74) is 3.22. The fraction of sp³-hybridized carbons (Fsp3) is 0.235. The quantitative estimate of drug-likeness (QED) is 0.743. The first-order chi connectivity index (χ1) is 10.5. The predicted molar refractivity (Wildman–Crippen MR) is 100.0 cm³/mol. The molecule has 0 fully saturated rings. The molecule has 5 heteroatoms. The van der Waals surface area contributed by atoms with E-state index >= 15 is 0 Å². The fourth-order valence-corrected chi connectivity index (χ4v) is 2.71. The summed E-state index contributed by atoms with van der Waals surface area (Å²) in [5.74, 6) is 0. The Morgan fingerprint density at radius 2 is 1.77 bits per heavy atom. The summed E-state index contributed by atoms with van der Waals surface area (Å²) in [6.45, 7) is 2.72. The van der Waals surface area contributed by atoms with E-state index in [1.54, 1.807) is 6.07 Å². The van der Waals surface area contributed by atoms with Gasteiger partial charge in [0.1, 0.15) is 0 Å². The highest BCUT2D eigenvalue weighted by molar-refractivity contribution is 7.80. The lowest BCUT2D eigenvalue weighted by atomic mass is 10.1. The molecule has 1 N–H and O–H groups in total. The molecular formula is C17H18Cl2N2S. The Bertz CT molecular complexity index is 673. The first-order valence-corrected chi connectivity index (χ1v) is 8.22. The molecule has 0 radical (unpaired) electrons. The molecule has 0 aliphatic carbocycles. The third-order valence-corrected chi connectivity index (χ3v) is 4.70. The van der Waals surface area contributed by atoms with E-state index in [9.17, 15) is 0 Å². The molecule has 22 heavy (non-hydrogen) atoms. The summed E-state index contributed by atoms with van der Waals surface area (Å²) in [6.07, 6.45) is 0.954. The van der Waals surface area contributed by atoms with Crippen LogP contribution in [0.2, 0.25) is 10.0 Å². The fourth-order valence-electron chi connectivity index (χ4n) is 2.16. The van der Waals surface area contributed by atoms with E-state index in [0.29, 0.717) is 21.7 Å². The Hall–Kier alpha value is -1.29. The summed E-state index contributed by atoms with van der Waals surface area (Å²) in [7, 11) is 1.93. The lowest BCUT2D eigenvalue weighted by molar-refractivity contribution is 0.508. The van der Waals surface area contributed by atoms with E-state index < -0.39 is 0 Å². The second-order valence-corrected chi connectivity index (χ2v) is 6.18. The molecule has 2 rings (SSSR count). The minimum Gasteiger partial charge on any atom is -0.348 e. The number of nitrogens with one attached hydrogen (secondary N) is 1. The number of rotatable bonds is 4. The molecule has 0 saturated carbocycles. The van der Waals surface area contributed by atoms with Crippen molar-refractivity contribution in [3.05, 3.63) is 63.6 Å². The monoisotopic (exact) mass is 352 g/mol. The van der Waals surface area contributed by atoms with Gasteiger partial charge in [-0.1, -0.05) is 60.5 Å². The number of para-hydroxylation sites is 1. The second-order valence-electron chi connectivity index (χ2n) is 5.01. The van der Waals surface area contributed by atoms with Gasteiger partial charge in [0.25, 0.3) is 0 Å². The second kappa shape index (κ2) is 7.82. The van der Waals surface area contributed by atoms with Gasteiger partial charge in [0.2, 0.25) is 0 Å². The maximum Gasteiger partial charge on any atom is 0.173 e. The smallest absolute Gasteiger partial charge is 0.173 e. The zero-order chi connectivity index (χ0) is 16.1. The lowest BCUT2D eigenvalue weighted by Gasteiger charge is -2.23. The molecule has 0 aliphatic rings. The van der Waals surface area contributed by atoms with Gasteiger partial charge in [0.05, 0.1) is 10.0 Å². The van der Waals surface area contributed by atoms with Crippen molar-refractivity contribution in [2.45, 2.75) is 19.9 Å². The Labute approximate surface area is 147 Å². The highest BCUT2D eigenvalue weighted by Crippen LogP contribution is 2.26. The first-order valence-electron chi connectivity index (χ1n) is 7.05. The van der Waals surface area contributed by atoms with E-state index in [0.717, 1.165) is 17.7 Å². The molecule has 0 heterocycles. The van der Waals surface area contributed by atoms with Crippen LogP contribution < -0.4 is 5.32 Å². The van der Waals surface area contributed by atoms with Gasteiger partial charge in [0, 0.05) is 19.3 Å². The number of anilines is 1. The minimum atomic E-state index is 0.558. The van der Waals surface area contributed by atoms with Gasteiger partial charge in [0.15, 0.2) is 5.11 Å². The molecule has 0 unspecified atom stereocenters.